The molecule has 90 valence electrons. The predicted molar refractivity (Wildman–Crippen MR) is 60.7 cm³/mol. The van der Waals surface area contributed by atoms with Crippen molar-refractivity contribution >= 4 is 0 Å². The van der Waals surface area contributed by atoms with Crippen LogP contribution in [0.15, 0.2) is 0 Å². The first-order valence-electron chi connectivity index (χ1n) is 6.51. The second kappa shape index (κ2) is 5.65. The molecule has 0 aromatic rings. The highest BCUT2D eigenvalue weighted by atomic mass is 16.7. The molecule has 1 aliphatic heterocycles. The summed E-state index contributed by atoms with van der Waals surface area (Å²) in [6.07, 6.45) is 9.50. The summed E-state index contributed by atoms with van der Waals surface area (Å²) < 4.78 is 11.7. The Balaban J connectivity index is 1.92. The quantitative estimate of drug-likeness (QED) is 0.738. The highest BCUT2D eigenvalue weighted by Crippen LogP contribution is 2.36. The molecule has 0 aromatic heterocycles. The van der Waals surface area contributed by atoms with Crippen molar-refractivity contribution in [2.24, 2.45) is 0 Å². The summed E-state index contributed by atoms with van der Waals surface area (Å²) in [5, 5.41) is 8.94. The van der Waals surface area contributed by atoms with Crippen LogP contribution in [0.5, 0.6) is 0 Å². The van der Waals surface area contributed by atoms with Crippen molar-refractivity contribution in [3.8, 4) is 6.07 Å². The molecular formula is C13H21NO2. The molecule has 2 aliphatic rings. The molecule has 1 aliphatic carbocycles. The van der Waals surface area contributed by atoms with Gasteiger partial charge in [0.1, 0.15) is 0 Å². The van der Waals surface area contributed by atoms with Crippen molar-refractivity contribution in [2.75, 3.05) is 6.61 Å². The minimum absolute atomic E-state index is 0.0554. The lowest BCUT2D eigenvalue weighted by molar-refractivity contribution is -0.231. The summed E-state index contributed by atoms with van der Waals surface area (Å²) in [7, 11) is 0. The van der Waals surface area contributed by atoms with Gasteiger partial charge in [-0.15, -0.1) is 0 Å². The topological polar surface area (TPSA) is 42.2 Å². The third-order valence-corrected chi connectivity index (χ3v) is 3.69. The molecule has 2 fully saturated rings. The van der Waals surface area contributed by atoms with Gasteiger partial charge in [-0.3, -0.25) is 0 Å². The zero-order valence-electron chi connectivity index (χ0n) is 9.91. The first-order chi connectivity index (χ1) is 7.85. The summed E-state index contributed by atoms with van der Waals surface area (Å²) in [5.74, 6) is 0. The second-order valence-electron chi connectivity index (χ2n) is 4.99. The van der Waals surface area contributed by atoms with Gasteiger partial charge >= 0.3 is 0 Å². The Morgan fingerprint density at radius 2 is 2.00 bits per heavy atom. The molecule has 0 aromatic carbocycles. The van der Waals surface area contributed by atoms with Crippen LogP contribution < -0.4 is 0 Å². The summed E-state index contributed by atoms with van der Waals surface area (Å²) in [5.41, 5.74) is -0.199. The maximum Gasteiger partial charge on any atom is 0.158 e. The SMILES string of the molecule is N#CCC1(OC2CCCCO2)CCCCC1. The van der Waals surface area contributed by atoms with Gasteiger partial charge in [-0.05, 0) is 32.1 Å². The second-order valence-corrected chi connectivity index (χ2v) is 4.99. The lowest BCUT2D eigenvalue weighted by Crippen LogP contribution is -2.40. The van der Waals surface area contributed by atoms with E-state index in [0.29, 0.717) is 6.42 Å². The largest absolute Gasteiger partial charge is 0.353 e. The van der Waals surface area contributed by atoms with Crippen LogP contribution in [0.2, 0.25) is 0 Å². The minimum Gasteiger partial charge on any atom is -0.353 e. The van der Waals surface area contributed by atoms with Gasteiger partial charge in [0.25, 0.3) is 0 Å². The van der Waals surface area contributed by atoms with E-state index in [9.17, 15) is 0 Å². The molecule has 1 atom stereocenters. The summed E-state index contributed by atoms with van der Waals surface area (Å²) in [6, 6.07) is 2.29. The van der Waals surface area contributed by atoms with Crippen LogP contribution in [0.3, 0.4) is 0 Å². The van der Waals surface area contributed by atoms with E-state index < -0.39 is 0 Å². The van der Waals surface area contributed by atoms with Crippen molar-refractivity contribution in [3.05, 3.63) is 0 Å². The predicted octanol–water partition coefficient (Wildman–Crippen LogP) is 3.15. The Labute approximate surface area is 97.7 Å². The Bertz CT molecular complexity index is 247. The molecule has 3 heteroatoms. The van der Waals surface area contributed by atoms with E-state index in [1.54, 1.807) is 0 Å². The molecule has 0 N–H and O–H groups in total. The Hall–Kier alpha value is -0.590. The molecule has 0 spiro atoms. The molecule has 0 bridgehead atoms. The van der Waals surface area contributed by atoms with E-state index in [4.69, 9.17) is 14.7 Å². The van der Waals surface area contributed by atoms with E-state index in [1.807, 2.05) is 0 Å². The smallest absolute Gasteiger partial charge is 0.158 e. The number of hydrogen-bond acceptors (Lipinski definition) is 3. The molecule has 1 saturated heterocycles. The lowest BCUT2D eigenvalue weighted by atomic mass is 9.82. The van der Waals surface area contributed by atoms with E-state index >= 15 is 0 Å². The number of hydrogen-bond donors (Lipinski definition) is 0. The minimum atomic E-state index is -0.199. The summed E-state index contributed by atoms with van der Waals surface area (Å²) in [4.78, 5) is 0. The molecule has 0 amide bonds. The summed E-state index contributed by atoms with van der Waals surface area (Å²) >= 11 is 0. The van der Waals surface area contributed by atoms with Crippen molar-refractivity contribution < 1.29 is 9.47 Å². The lowest BCUT2D eigenvalue weighted by Gasteiger charge is -2.39. The molecule has 1 heterocycles. The van der Waals surface area contributed by atoms with Gasteiger partial charge in [-0.25, -0.2) is 0 Å². The van der Waals surface area contributed by atoms with Crippen LogP contribution in [0.25, 0.3) is 0 Å². The zero-order valence-corrected chi connectivity index (χ0v) is 9.91. The maximum atomic E-state index is 8.94. The molecule has 1 unspecified atom stereocenters. The number of nitriles is 1. The fraction of sp³-hybridized carbons (Fsp3) is 0.923. The molecule has 0 radical (unpaired) electrons. The van der Waals surface area contributed by atoms with Crippen molar-refractivity contribution in [3.63, 3.8) is 0 Å². The summed E-state index contributed by atoms with van der Waals surface area (Å²) in [6.45, 7) is 0.813. The first kappa shape index (κ1) is 11.9. The van der Waals surface area contributed by atoms with Gasteiger partial charge in [-0.2, -0.15) is 5.26 Å². The van der Waals surface area contributed by atoms with Crippen LogP contribution in [-0.4, -0.2) is 18.5 Å². The third-order valence-electron chi connectivity index (χ3n) is 3.69. The highest BCUT2D eigenvalue weighted by Gasteiger charge is 2.36. The number of ether oxygens (including phenoxy) is 2. The average Bonchev–Trinajstić information content (AvgIpc) is 2.31. The van der Waals surface area contributed by atoms with E-state index in [1.165, 1.54) is 25.7 Å². The van der Waals surface area contributed by atoms with Crippen LogP contribution >= 0.6 is 0 Å². The fourth-order valence-electron chi connectivity index (χ4n) is 2.76. The van der Waals surface area contributed by atoms with Crippen molar-refractivity contribution in [1.82, 2.24) is 0 Å². The fourth-order valence-corrected chi connectivity index (χ4v) is 2.76. The van der Waals surface area contributed by atoms with E-state index in [-0.39, 0.29) is 11.9 Å². The number of nitrogens with zero attached hydrogens (tertiary/aromatic N) is 1. The third kappa shape index (κ3) is 2.96. The Morgan fingerprint density at radius 1 is 1.19 bits per heavy atom. The van der Waals surface area contributed by atoms with Gasteiger partial charge in [-0.1, -0.05) is 19.3 Å². The monoisotopic (exact) mass is 223 g/mol. The molecule has 2 rings (SSSR count). The van der Waals surface area contributed by atoms with Gasteiger partial charge in [0, 0.05) is 6.61 Å². The average molecular weight is 223 g/mol. The van der Waals surface area contributed by atoms with Gasteiger partial charge in [0.15, 0.2) is 6.29 Å². The van der Waals surface area contributed by atoms with E-state index in [2.05, 4.69) is 6.07 Å². The molecule has 1 saturated carbocycles. The van der Waals surface area contributed by atoms with Crippen molar-refractivity contribution in [2.45, 2.75) is 69.7 Å². The van der Waals surface area contributed by atoms with Crippen molar-refractivity contribution in [1.29, 1.82) is 5.26 Å². The molecule has 16 heavy (non-hydrogen) atoms. The number of rotatable bonds is 3. The van der Waals surface area contributed by atoms with Crippen LogP contribution in [0.1, 0.15) is 57.8 Å². The Kier molecular flexibility index (Phi) is 4.20. The van der Waals surface area contributed by atoms with Crippen LogP contribution in [-0.2, 0) is 9.47 Å². The van der Waals surface area contributed by atoms with E-state index in [0.717, 1.165) is 32.3 Å². The van der Waals surface area contributed by atoms with Gasteiger partial charge < -0.3 is 9.47 Å². The van der Waals surface area contributed by atoms with Gasteiger partial charge in [0.05, 0.1) is 18.1 Å². The Morgan fingerprint density at radius 3 is 2.62 bits per heavy atom. The molecule has 3 nitrogen and oxygen atoms in total. The molecular weight excluding hydrogens is 202 g/mol. The standard InChI is InChI=1S/C13H21NO2/c14-10-9-13(7-3-1-4-8-13)16-12-6-2-5-11-15-12/h12H,1-9,11H2. The highest BCUT2D eigenvalue weighted by molar-refractivity contribution is 4.93. The zero-order chi connectivity index (χ0) is 11.3. The van der Waals surface area contributed by atoms with Crippen LogP contribution in [0.4, 0.5) is 0 Å². The normalized spacial score (nSPS) is 29.6. The maximum absolute atomic E-state index is 8.94. The first-order valence-corrected chi connectivity index (χ1v) is 6.51. The van der Waals surface area contributed by atoms with Crippen LogP contribution in [0, 0.1) is 11.3 Å². The van der Waals surface area contributed by atoms with Gasteiger partial charge in [0.2, 0.25) is 0 Å².